The summed E-state index contributed by atoms with van der Waals surface area (Å²) >= 11 is 0. The zero-order valence-electron chi connectivity index (χ0n) is 28.9. The number of nitrogens with zero attached hydrogens (tertiary/aromatic N) is 3. The number of halogens is 3. The number of hydrogen-bond donors (Lipinski definition) is 2. The van der Waals surface area contributed by atoms with Crippen molar-refractivity contribution in [1.29, 1.82) is 0 Å². The number of methoxy groups -OCH3 is 1. The highest BCUT2D eigenvalue weighted by atomic mass is 32.2. The number of alkyl halides is 3. The minimum absolute atomic E-state index is 0.0127. The fourth-order valence-electron chi connectivity index (χ4n) is 6.46. The second-order valence-electron chi connectivity index (χ2n) is 12.3. The lowest BCUT2D eigenvalue weighted by molar-refractivity contribution is -0.137. The number of anilines is 4. The zero-order valence-corrected chi connectivity index (χ0v) is 30.6. The Balaban J connectivity index is 1.43. The molecule has 2 heterocycles. The van der Waals surface area contributed by atoms with Gasteiger partial charge < -0.3 is 29.3 Å². The summed E-state index contributed by atoms with van der Waals surface area (Å²) in [5.41, 5.74) is 1.76. The summed E-state index contributed by atoms with van der Waals surface area (Å²) in [4.78, 5) is 23.0. The summed E-state index contributed by atoms with van der Waals surface area (Å²) in [6.45, 7) is 4.07. The molecule has 278 valence electrons. The van der Waals surface area contributed by atoms with Gasteiger partial charge in [0, 0.05) is 19.8 Å². The summed E-state index contributed by atoms with van der Waals surface area (Å²) in [7, 11) is -3.99. The van der Waals surface area contributed by atoms with Crippen molar-refractivity contribution >= 4 is 46.8 Å². The van der Waals surface area contributed by atoms with E-state index < -0.39 is 41.4 Å². The zero-order chi connectivity index (χ0) is 37.1. The number of ether oxygens (including phenoxy) is 1. The third kappa shape index (κ3) is 9.19. The van der Waals surface area contributed by atoms with Crippen molar-refractivity contribution in [1.82, 2.24) is 14.9 Å². The lowest BCUT2D eigenvalue weighted by atomic mass is 9.80. The fraction of sp³-hybridized carbons (Fsp3) is 0.485. The Morgan fingerprint density at radius 1 is 1.02 bits per heavy atom. The van der Waals surface area contributed by atoms with Crippen molar-refractivity contribution in [2.45, 2.75) is 70.4 Å². The van der Waals surface area contributed by atoms with Gasteiger partial charge in [-0.25, -0.2) is 4.98 Å². The maximum absolute atomic E-state index is 14.2. The van der Waals surface area contributed by atoms with E-state index >= 15 is 0 Å². The summed E-state index contributed by atoms with van der Waals surface area (Å²) < 4.78 is 100. The average molecular weight is 756 g/mol. The van der Waals surface area contributed by atoms with E-state index in [1.54, 1.807) is 51.2 Å². The van der Waals surface area contributed by atoms with Gasteiger partial charge in [0.1, 0.15) is 17.1 Å². The van der Waals surface area contributed by atoms with Gasteiger partial charge in [-0.3, -0.25) is 13.5 Å². The second-order valence-corrected chi connectivity index (χ2v) is 16.0. The van der Waals surface area contributed by atoms with Crippen molar-refractivity contribution in [3.8, 4) is 5.75 Å². The standard InChI is InChI=1S/C33H41F3N5O8PS/c1-6-47-50(43,48-7-2)19-20-8-14-26(28(16-20)46-4)39-32-37-17-25(33(34,35)36)30(40-32)38-27-15-13-23(24-18-41(3)31(42)29(24)27)21-9-11-22(12-10-21)49-51(5,44)45/h8,13-17,21-22H,6-7,9-12,18-19H2,1-5H3,(H2,37,38,39,40). The van der Waals surface area contributed by atoms with E-state index in [0.29, 0.717) is 48.7 Å². The Labute approximate surface area is 294 Å². The lowest BCUT2D eigenvalue weighted by Crippen LogP contribution is -2.24. The summed E-state index contributed by atoms with van der Waals surface area (Å²) in [5, 5.41) is 5.67. The number of carbonyl (C=O) groups is 1. The smallest absolute Gasteiger partial charge is 0.421 e. The van der Waals surface area contributed by atoms with Crippen molar-refractivity contribution in [3.63, 3.8) is 0 Å². The SMILES string of the molecule is CCOP(=O)(Cc1ccc(Nc2ncc(C(F)(F)F)c(Nc3ccc(C4CCC(OS(C)(=O)=O)CC4)c4c3C(=O)N(C)C4)n2)c(OC)c1)OCC. The minimum Gasteiger partial charge on any atom is -0.495 e. The van der Waals surface area contributed by atoms with E-state index in [-0.39, 0.29) is 60.7 Å². The number of aromatic nitrogens is 2. The van der Waals surface area contributed by atoms with Crippen molar-refractivity contribution in [2.24, 2.45) is 0 Å². The van der Waals surface area contributed by atoms with Crippen LogP contribution in [-0.2, 0) is 46.8 Å². The van der Waals surface area contributed by atoms with Crippen LogP contribution < -0.4 is 15.4 Å². The van der Waals surface area contributed by atoms with Gasteiger partial charge in [-0.1, -0.05) is 12.1 Å². The third-order valence-corrected chi connectivity index (χ3v) is 11.3. The van der Waals surface area contributed by atoms with E-state index in [4.69, 9.17) is 18.0 Å². The monoisotopic (exact) mass is 755 g/mol. The van der Waals surface area contributed by atoms with Gasteiger partial charge >= 0.3 is 13.8 Å². The summed E-state index contributed by atoms with van der Waals surface area (Å²) in [6.07, 6.45) is -1.33. The van der Waals surface area contributed by atoms with Gasteiger partial charge in [-0.2, -0.15) is 26.6 Å². The van der Waals surface area contributed by atoms with E-state index in [1.807, 2.05) is 0 Å². The van der Waals surface area contributed by atoms with E-state index in [1.165, 1.54) is 12.0 Å². The van der Waals surface area contributed by atoms with Crippen molar-refractivity contribution < 1.29 is 48.9 Å². The molecule has 2 aliphatic rings. The van der Waals surface area contributed by atoms with Crippen LogP contribution >= 0.6 is 7.60 Å². The van der Waals surface area contributed by atoms with Crippen LogP contribution in [0.15, 0.2) is 36.5 Å². The van der Waals surface area contributed by atoms with Gasteiger partial charge in [0.25, 0.3) is 16.0 Å². The quantitative estimate of drug-likeness (QED) is 0.125. The molecule has 2 aromatic carbocycles. The Morgan fingerprint density at radius 2 is 1.69 bits per heavy atom. The molecule has 13 nitrogen and oxygen atoms in total. The Morgan fingerprint density at radius 3 is 2.29 bits per heavy atom. The van der Waals surface area contributed by atoms with Crippen LogP contribution in [0.25, 0.3) is 0 Å². The van der Waals surface area contributed by atoms with Crippen LogP contribution in [0.2, 0.25) is 0 Å². The summed E-state index contributed by atoms with van der Waals surface area (Å²) in [6, 6.07) is 8.22. The highest BCUT2D eigenvalue weighted by molar-refractivity contribution is 7.86. The van der Waals surface area contributed by atoms with Gasteiger partial charge in [0.15, 0.2) is 0 Å². The maximum Gasteiger partial charge on any atom is 0.421 e. The molecule has 1 saturated carbocycles. The highest BCUT2D eigenvalue weighted by Gasteiger charge is 2.38. The molecule has 0 saturated heterocycles. The molecule has 0 radical (unpaired) electrons. The molecular formula is C33H41F3N5O8PS. The van der Waals surface area contributed by atoms with Gasteiger partial charge in [0.2, 0.25) is 5.95 Å². The molecule has 2 N–H and O–H groups in total. The van der Waals surface area contributed by atoms with Crippen LogP contribution in [0.5, 0.6) is 5.75 Å². The van der Waals surface area contributed by atoms with E-state index in [0.717, 1.165) is 11.8 Å². The van der Waals surface area contributed by atoms with Crippen molar-refractivity contribution in [2.75, 3.05) is 44.3 Å². The van der Waals surface area contributed by atoms with Crippen LogP contribution in [0, 0.1) is 0 Å². The Kier molecular flexibility index (Phi) is 11.7. The average Bonchev–Trinajstić information content (AvgIpc) is 3.35. The summed E-state index contributed by atoms with van der Waals surface area (Å²) in [5.74, 6) is -0.813. The number of nitrogens with one attached hydrogen (secondary N) is 2. The normalized spacial score (nSPS) is 18.1. The molecule has 1 fully saturated rings. The molecule has 1 aromatic heterocycles. The maximum atomic E-state index is 14.2. The molecule has 1 aliphatic heterocycles. The first-order chi connectivity index (χ1) is 24.0. The Hall–Kier alpha value is -3.76. The lowest BCUT2D eigenvalue weighted by Gasteiger charge is -2.29. The predicted octanol–water partition coefficient (Wildman–Crippen LogP) is 7.35. The van der Waals surface area contributed by atoms with Gasteiger partial charge in [0.05, 0.1) is 55.8 Å². The molecule has 1 amide bonds. The van der Waals surface area contributed by atoms with Crippen molar-refractivity contribution in [3.05, 3.63) is 64.3 Å². The van der Waals surface area contributed by atoms with Gasteiger partial charge in [-0.05, 0) is 80.3 Å². The van der Waals surface area contributed by atoms with E-state index in [9.17, 15) is 30.9 Å². The molecule has 0 spiro atoms. The molecule has 0 unspecified atom stereocenters. The molecule has 5 rings (SSSR count). The number of hydrogen-bond acceptors (Lipinski definition) is 12. The van der Waals surface area contributed by atoms with E-state index in [2.05, 4.69) is 20.6 Å². The fourth-order valence-corrected chi connectivity index (χ4v) is 8.83. The number of amides is 1. The number of rotatable bonds is 14. The first kappa shape index (κ1) is 38.5. The van der Waals surface area contributed by atoms with Crippen LogP contribution in [0.1, 0.15) is 78.1 Å². The highest BCUT2D eigenvalue weighted by Crippen LogP contribution is 2.52. The number of benzene rings is 2. The third-order valence-electron chi connectivity index (χ3n) is 8.62. The molecule has 0 atom stereocenters. The second kappa shape index (κ2) is 15.5. The number of carbonyl (C=O) groups excluding carboxylic acids is 1. The van der Waals surface area contributed by atoms with Gasteiger partial charge in [-0.15, -0.1) is 0 Å². The molecule has 51 heavy (non-hydrogen) atoms. The minimum atomic E-state index is -4.83. The van der Waals surface area contributed by atoms with Crippen LogP contribution in [-0.4, -0.2) is 68.9 Å². The molecular weight excluding hydrogens is 714 g/mol. The molecule has 3 aromatic rings. The van der Waals surface area contributed by atoms with Crippen LogP contribution in [0.4, 0.5) is 36.3 Å². The molecule has 1 aliphatic carbocycles. The number of fused-ring (bicyclic) bond motifs is 1. The first-order valence-corrected chi connectivity index (χ1v) is 19.9. The largest absolute Gasteiger partial charge is 0.495 e. The predicted molar refractivity (Wildman–Crippen MR) is 184 cm³/mol. The first-order valence-electron chi connectivity index (χ1n) is 16.4. The Bertz CT molecular complexity index is 1910. The molecule has 18 heteroatoms. The van der Waals surface area contributed by atoms with Crippen LogP contribution in [0.3, 0.4) is 0 Å². The molecule has 0 bridgehead atoms. The topological polar surface area (TPSA) is 158 Å².